The molecule has 0 bridgehead atoms. The maximum atomic E-state index is 12.7. The standard InChI is InChI=1S/C12H16BrClN2O3S.ClH/c1-8-7-16(4-3-15-8)20(17,18)12-6-10(14)11(19-2)5-9(12)13;/h5-6,8,15H,3-4,7H2,1-2H3;1H. The highest BCUT2D eigenvalue weighted by molar-refractivity contribution is 9.10. The molecule has 2 rings (SSSR count). The van der Waals surface area contributed by atoms with Crippen LogP contribution in [0.1, 0.15) is 6.92 Å². The molecule has 0 aromatic heterocycles. The van der Waals surface area contributed by atoms with Gasteiger partial charge in [-0.25, -0.2) is 8.42 Å². The molecule has 1 aromatic rings. The zero-order valence-electron chi connectivity index (χ0n) is 11.6. The van der Waals surface area contributed by atoms with Gasteiger partial charge in [0.2, 0.25) is 10.0 Å². The lowest BCUT2D eigenvalue weighted by molar-refractivity contribution is 0.310. The van der Waals surface area contributed by atoms with Crippen LogP contribution >= 0.6 is 39.9 Å². The van der Waals surface area contributed by atoms with E-state index in [0.29, 0.717) is 29.9 Å². The smallest absolute Gasteiger partial charge is 0.244 e. The molecule has 1 saturated heterocycles. The van der Waals surface area contributed by atoms with Gasteiger partial charge in [0.25, 0.3) is 0 Å². The van der Waals surface area contributed by atoms with E-state index in [-0.39, 0.29) is 28.4 Å². The highest BCUT2D eigenvalue weighted by Gasteiger charge is 2.30. The van der Waals surface area contributed by atoms with Crippen molar-refractivity contribution < 1.29 is 13.2 Å². The largest absolute Gasteiger partial charge is 0.495 e. The average Bonchev–Trinajstić information content (AvgIpc) is 2.40. The molecule has 1 unspecified atom stereocenters. The minimum atomic E-state index is -3.57. The van der Waals surface area contributed by atoms with Crippen molar-refractivity contribution in [2.75, 3.05) is 26.7 Å². The average molecular weight is 420 g/mol. The maximum absolute atomic E-state index is 12.7. The highest BCUT2D eigenvalue weighted by atomic mass is 79.9. The quantitative estimate of drug-likeness (QED) is 0.817. The number of halogens is 3. The number of rotatable bonds is 3. The zero-order chi connectivity index (χ0) is 14.9. The molecule has 1 N–H and O–H groups in total. The van der Waals surface area contributed by atoms with Gasteiger partial charge in [-0.15, -0.1) is 12.4 Å². The first kappa shape index (κ1) is 19.0. The molecule has 1 aromatic carbocycles. The van der Waals surface area contributed by atoms with Gasteiger partial charge in [0.05, 0.1) is 17.0 Å². The molecule has 9 heteroatoms. The fourth-order valence-electron chi connectivity index (χ4n) is 2.12. The minimum Gasteiger partial charge on any atom is -0.495 e. The molecular formula is C12H17BrCl2N2O3S. The fraction of sp³-hybridized carbons (Fsp3) is 0.500. The van der Waals surface area contributed by atoms with E-state index >= 15 is 0 Å². The Balaban J connectivity index is 0.00000220. The van der Waals surface area contributed by atoms with E-state index in [4.69, 9.17) is 16.3 Å². The predicted molar refractivity (Wildman–Crippen MR) is 89.2 cm³/mol. The van der Waals surface area contributed by atoms with Gasteiger partial charge in [-0.3, -0.25) is 0 Å². The molecule has 120 valence electrons. The van der Waals surface area contributed by atoms with E-state index in [0.717, 1.165) is 0 Å². The maximum Gasteiger partial charge on any atom is 0.244 e. The molecule has 1 heterocycles. The normalized spacial score (nSPS) is 19.9. The molecule has 1 aliphatic heterocycles. The van der Waals surface area contributed by atoms with Crippen LogP contribution in [0.15, 0.2) is 21.5 Å². The zero-order valence-corrected chi connectivity index (χ0v) is 15.6. The topological polar surface area (TPSA) is 58.6 Å². The van der Waals surface area contributed by atoms with Gasteiger partial charge in [-0.2, -0.15) is 4.31 Å². The molecule has 1 fully saturated rings. The highest BCUT2D eigenvalue weighted by Crippen LogP contribution is 2.35. The Labute approximate surface area is 144 Å². The summed E-state index contributed by atoms with van der Waals surface area (Å²) in [6.45, 7) is 3.49. The van der Waals surface area contributed by atoms with Gasteiger partial charge >= 0.3 is 0 Å². The second-order valence-corrected chi connectivity index (χ2v) is 7.80. The summed E-state index contributed by atoms with van der Waals surface area (Å²) in [6, 6.07) is 3.12. The number of piperazine rings is 1. The second-order valence-electron chi connectivity index (χ2n) is 4.64. The van der Waals surface area contributed by atoms with Crippen LogP contribution in [0.3, 0.4) is 0 Å². The number of nitrogens with one attached hydrogen (secondary N) is 1. The number of hydrogen-bond donors (Lipinski definition) is 1. The summed E-state index contributed by atoms with van der Waals surface area (Å²) in [7, 11) is -2.08. The van der Waals surface area contributed by atoms with Crippen molar-refractivity contribution in [3.63, 3.8) is 0 Å². The Morgan fingerprint density at radius 2 is 2.14 bits per heavy atom. The first-order chi connectivity index (χ1) is 9.36. The van der Waals surface area contributed by atoms with E-state index in [2.05, 4.69) is 21.2 Å². The van der Waals surface area contributed by atoms with Crippen molar-refractivity contribution in [2.45, 2.75) is 17.9 Å². The molecular weight excluding hydrogens is 403 g/mol. The lowest BCUT2D eigenvalue weighted by Crippen LogP contribution is -2.51. The number of nitrogens with zero attached hydrogens (tertiary/aromatic N) is 1. The van der Waals surface area contributed by atoms with Crippen LogP contribution in [-0.4, -0.2) is 45.5 Å². The van der Waals surface area contributed by atoms with Crippen LogP contribution < -0.4 is 10.1 Å². The summed E-state index contributed by atoms with van der Waals surface area (Å²) < 4.78 is 32.3. The Morgan fingerprint density at radius 1 is 1.48 bits per heavy atom. The minimum absolute atomic E-state index is 0. The third-order valence-corrected chi connectivity index (χ3v) is 6.27. The van der Waals surface area contributed by atoms with Crippen molar-refractivity contribution in [3.05, 3.63) is 21.6 Å². The van der Waals surface area contributed by atoms with E-state index in [9.17, 15) is 8.42 Å². The van der Waals surface area contributed by atoms with Gasteiger partial charge in [-0.1, -0.05) is 11.6 Å². The van der Waals surface area contributed by atoms with Crippen LogP contribution in [0.2, 0.25) is 5.02 Å². The Morgan fingerprint density at radius 3 is 2.71 bits per heavy atom. The van der Waals surface area contributed by atoms with Crippen LogP contribution in [-0.2, 0) is 10.0 Å². The third kappa shape index (κ3) is 4.03. The number of methoxy groups -OCH3 is 1. The fourth-order valence-corrected chi connectivity index (χ4v) is 4.96. The third-order valence-electron chi connectivity index (χ3n) is 3.16. The summed E-state index contributed by atoms with van der Waals surface area (Å²) >= 11 is 9.31. The monoisotopic (exact) mass is 418 g/mol. The van der Waals surface area contributed by atoms with Gasteiger partial charge in [0, 0.05) is 30.1 Å². The number of sulfonamides is 1. The molecule has 1 aliphatic rings. The van der Waals surface area contributed by atoms with E-state index in [1.807, 2.05) is 6.92 Å². The van der Waals surface area contributed by atoms with Gasteiger partial charge < -0.3 is 10.1 Å². The molecule has 0 amide bonds. The molecule has 0 spiro atoms. The van der Waals surface area contributed by atoms with Crippen molar-refractivity contribution in [3.8, 4) is 5.75 Å². The van der Waals surface area contributed by atoms with Crippen molar-refractivity contribution >= 4 is 50.0 Å². The van der Waals surface area contributed by atoms with Gasteiger partial charge in [0.1, 0.15) is 5.75 Å². The van der Waals surface area contributed by atoms with Crippen molar-refractivity contribution in [1.82, 2.24) is 9.62 Å². The van der Waals surface area contributed by atoms with E-state index in [1.54, 1.807) is 6.07 Å². The Kier molecular flexibility index (Phi) is 6.77. The molecule has 0 aliphatic carbocycles. The van der Waals surface area contributed by atoms with E-state index in [1.165, 1.54) is 17.5 Å². The molecule has 0 saturated carbocycles. The lowest BCUT2D eigenvalue weighted by Gasteiger charge is -2.31. The Bertz CT molecular complexity index is 613. The SMILES string of the molecule is COc1cc(Br)c(S(=O)(=O)N2CCNC(C)C2)cc1Cl.Cl. The van der Waals surface area contributed by atoms with Crippen molar-refractivity contribution in [2.24, 2.45) is 0 Å². The molecule has 1 atom stereocenters. The summed E-state index contributed by atoms with van der Waals surface area (Å²) in [4.78, 5) is 0.164. The number of ether oxygens (including phenoxy) is 1. The van der Waals surface area contributed by atoms with E-state index < -0.39 is 10.0 Å². The lowest BCUT2D eigenvalue weighted by atomic mass is 10.3. The first-order valence-electron chi connectivity index (χ1n) is 6.13. The van der Waals surface area contributed by atoms with Gasteiger partial charge in [0.15, 0.2) is 0 Å². The summed E-state index contributed by atoms with van der Waals surface area (Å²) in [5.41, 5.74) is 0. The van der Waals surface area contributed by atoms with Crippen LogP contribution in [0, 0.1) is 0 Å². The number of benzene rings is 1. The van der Waals surface area contributed by atoms with Crippen LogP contribution in [0.5, 0.6) is 5.75 Å². The second kappa shape index (κ2) is 7.48. The Hall–Kier alpha value is -0.0500. The first-order valence-corrected chi connectivity index (χ1v) is 8.74. The molecule has 0 radical (unpaired) electrons. The van der Waals surface area contributed by atoms with Crippen molar-refractivity contribution in [1.29, 1.82) is 0 Å². The van der Waals surface area contributed by atoms with Gasteiger partial charge in [-0.05, 0) is 35.0 Å². The predicted octanol–water partition coefficient (Wildman–Crippen LogP) is 2.52. The summed E-state index contributed by atoms with van der Waals surface area (Å²) in [5, 5.41) is 3.49. The van der Waals surface area contributed by atoms with Crippen LogP contribution in [0.4, 0.5) is 0 Å². The summed E-state index contributed by atoms with van der Waals surface area (Å²) in [5.74, 6) is 0.436. The number of hydrogen-bond acceptors (Lipinski definition) is 4. The molecule has 5 nitrogen and oxygen atoms in total. The van der Waals surface area contributed by atoms with Crippen LogP contribution in [0.25, 0.3) is 0 Å². The molecule has 21 heavy (non-hydrogen) atoms. The summed E-state index contributed by atoms with van der Waals surface area (Å²) in [6.07, 6.45) is 0.